The number of amides is 1. The molecule has 1 amide bonds. The lowest BCUT2D eigenvalue weighted by molar-refractivity contribution is 0.0949. The minimum atomic E-state index is -0.813. The Morgan fingerprint density at radius 1 is 1.10 bits per heavy atom. The van der Waals surface area contributed by atoms with Gasteiger partial charge in [0.15, 0.2) is 0 Å². The van der Waals surface area contributed by atoms with Crippen molar-refractivity contribution < 1.29 is 23.5 Å². The number of aromatic amines is 2. The molecule has 0 atom stereocenters. The zero-order valence-electron chi connectivity index (χ0n) is 17.4. The van der Waals surface area contributed by atoms with Crippen molar-refractivity contribution in [2.75, 3.05) is 13.7 Å². The van der Waals surface area contributed by atoms with Crippen molar-refractivity contribution in [1.82, 2.24) is 15.3 Å². The van der Waals surface area contributed by atoms with Gasteiger partial charge in [0.05, 0.1) is 12.6 Å². The molecule has 8 heteroatoms. The summed E-state index contributed by atoms with van der Waals surface area (Å²) in [5.74, 6) is -0.231. The minimum Gasteiger partial charge on any atom is -0.437 e. The summed E-state index contributed by atoms with van der Waals surface area (Å²) >= 11 is 0. The Balaban J connectivity index is 1.46. The number of benzene rings is 2. The molecule has 31 heavy (non-hydrogen) atoms. The van der Waals surface area contributed by atoms with Crippen molar-refractivity contribution in [3.05, 3.63) is 64.7 Å². The standard InChI is InChI=1S/C23H22FN3O4/c1-12-4-7-17(24)21-20(12)16(13(2)26-21)8-9-25-22(28)19-10-14-5-6-15(11-18(14)27-19)31-23(29)30-3/h4-7,10-11,26-27H,8-9H2,1-3H3,(H,25,28). The quantitative estimate of drug-likeness (QED) is 0.325. The molecule has 0 aliphatic rings. The summed E-state index contributed by atoms with van der Waals surface area (Å²) in [4.78, 5) is 30.0. The monoisotopic (exact) mass is 423 g/mol. The largest absolute Gasteiger partial charge is 0.513 e. The summed E-state index contributed by atoms with van der Waals surface area (Å²) in [6, 6.07) is 9.93. The van der Waals surface area contributed by atoms with E-state index in [0.29, 0.717) is 35.4 Å². The van der Waals surface area contributed by atoms with Crippen LogP contribution in [0.5, 0.6) is 5.75 Å². The van der Waals surface area contributed by atoms with Crippen LogP contribution in [0, 0.1) is 19.7 Å². The fourth-order valence-corrected chi connectivity index (χ4v) is 3.78. The van der Waals surface area contributed by atoms with Crippen LogP contribution in [-0.2, 0) is 11.2 Å². The van der Waals surface area contributed by atoms with Gasteiger partial charge in [-0.15, -0.1) is 0 Å². The first-order valence-electron chi connectivity index (χ1n) is 9.80. The smallest absolute Gasteiger partial charge is 0.437 e. The van der Waals surface area contributed by atoms with Gasteiger partial charge in [0.1, 0.15) is 17.3 Å². The van der Waals surface area contributed by atoms with Gasteiger partial charge in [-0.25, -0.2) is 9.18 Å². The molecule has 0 bridgehead atoms. The minimum absolute atomic E-state index is 0.257. The Morgan fingerprint density at radius 2 is 1.90 bits per heavy atom. The van der Waals surface area contributed by atoms with Crippen LogP contribution >= 0.6 is 0 Å². The summed E-state index contributed by atoms with van der Waals surface area (Å²) in [7, 11) is 1.23. The lowest BCUT2D eigenvalue weighted by Gasteiger charge is -2.06. The predicted molar refractivity (Wildman–Crippen MR) is 115 cm³/mol. The number of nitrogens with one attached hydrogen (secondary N) is 3. The molecule has 0 unspecified atom stereocenters. The fraction of sp³-hybridized carbons (Fsp3) is 0.217. The first kappa shape index (κ1) is 20.5. The highest BCUT2D eigenvalue weighted by molar-refractivity contribution is 5.98. The maximum atomic E-state index is 14.1. The van der Waals surface area contributed by atoms with Crippen molar-refractivity contribution >= 4 is 33.9 Å². The molecule has 0 spiro atoms. The lowest BCUT2D eigenvalue weighted by Crippen LogP contribution is -2.26. The third-order valence-electron chi connectivity index (χ3n) is 5.30. The van der Waals surface area contributed by atoms with Crippen molar-refractivity contribution in [2.24, 2.45) is 0 Å². The highest BCUT2D eigenvalue weighted by Gasteiger charge is 2.15. The van der Waals surface area contributed by atoms with Gasteiger partial charge in [-0.1, -0.05) is 6.07 Å². The normalized spacial score (nSPS) is 11.1. The summed E-state index contributed by atoms with van der Waals surface area (Å²) in [5.41, 5.74) is 4.42. The van der Waals surface area contributed by atoms with Gasteiger partial charge in [0.2, 0.25) is 0 Å². The average molecular weight is 423 g/mol. The van der Waals surface area contributed by atoms with Gasteiger partial charge >= 0.3 is 6.16 Å². The molecule has 2 aromatic heterocycles. The number of halogens is 1. The molecule has 160 valence electrons. The molecular weight excluding hydrogens is 401 g/mol. The number of carbonyl (C=O) groups is 2. The van der Waals surface area contributed by atoms with Gasteiger partial charge in [-0.05, 0) is 55.7 Å². The molecule has 2 heterocycles. The number of hydrogen-bond donors (Lipinski definition) is 3. The molecule has 0 aliphatic carbocycles. The number of ether oxygens (including phenoxy) is 2. The van der Waals surface area contributed by atoms with Gasteiger partial charge in [0, 0.05) is 34.6 Å². The Hall–Kier alpha value is -3.81. The Morgan fingerprint density at radius 3 is 2.68 bits per heavy atom. The second-order valence-corrected chi connectivity index (χ2v) is 7.34. The fourth-order valence-electron chi connectivity index (χ4n) is 3.78. The van der Waals surface area contributed by atoms with E-state index >= 15 is 0 Å². The molecule has 4 aromatic rings. The molecule has 3 N–H and O–H groups in total. The summed E-state index contributed by atoms with van der Waals surface area (Å²) in [6.07, 6.45) is -0.245. The van der Waals surface area contributed by atoms with E-state index in [4.69, 9.17) is 4.74 Å². The highest BCUT2D eigenvalue weighted by Crippen LogP contribution is 2.28. The predicted octanol–water partition coefficient (Wildman–Crippen LogP) is 4.52. The van der Waals surface area contributed by atoms with Crippen LogP contribution in [-0.4, -0.2) is 35.7 Å². The van der Waals surface area contributed by atoms with E-state index in [2.05, 4.69) is 20.0 Å². The Bertz CT molecular complexity index is 1310. The van der Waals surface area contributed by atoms with Crippen molar-refractivity contribution in [1.29, 1.82) is 0 Å². The number of rotatable bonds is 5. The van der Waals surface area contributed by atoms with Crippen LogP contribution in [0.15, 0.2) is 36.4 Å². The first-order valence-corrected chi connectivity index (χ1v) is 9.80. The molecule has 7 nitrogen and oxygen atoms in total. The van der Waals surface area contributed by atoms with Crippen LogP contribution in [0.2, 0.25) is 0 Å². The number of hydrogen-bond acceptors (Lipinski definition) is 4. The number of H-pyrrole nitrogens is 2. The molecule has 0 radical (unpaired) electrons. The van der Waals surface area contributed by atoms with E-state index < -0.39 is 6.16 Å². The van der Waals surface area contributed by atoms with Crippen molar-refractivity contribution in [3.63, 3.8) is 0 Å². The van der Waals surface area contributed by atoms with E-state index in [-0.39, 0.29) is 11.7 Å². The molecule has 0 saturated carbocycles. The highest BCUT2D eigenvalue weighted by atomic mass is 19.1. The van der Waals surface area contributed by atoms with Crippen LogP contribution in [0.1, 0.15) is 27.3 Å². The van der Waals surface area contributed by atoms with E-state index in [9.17, 15) is 14.0 Å². The average Bonchev–Trinajstić information content (AvgIpc) is 3.32. The van der Waals surface area contributed by atoms with Gasteiger partial charge in [-0.2, -0.15) is 0 Å². The third-order valence-corrected chi connectivity index (χ3v) is 5.30. The molecule has 4 rings (SSSR count). The molecular formula is C23H22FN3O4. The molecule has 0 fully saturated rings. The lowest BCUT2D eigenvalue weighted by atomic mass is 10.0. The Labute approximate surface area is 177 Å². The SMILES string of the molecule is COC(=O)Oc1ccc2cc(C(=O)NCCc3c(C)[nH]c4c(F)ccc(C)c34)[nH]c2c1. The Kier molecular flexibility index (Phi) is 5.37. The molecule has 0 aliphatic heterocycles. The number of aryl methyl sites for hydroxylation is 2. The number of aromatic nitrogens is 2. The first-order chi connectivity index (χ1) is 14.9. The van der Waals surface area contributed by atoms with Crippen LogP contribution in [0.25, 0.3) is 21.8 Å². The van der Waals surface area contributed by atoms with Crippen LogP contribution in [0.3, 0.4) is 0 Å². The van der Waals surface area contributed by atoms with Crippen molar-refractivity contribution in [2.45, 2.75) is 20.3 Å². The maximum absolute atomic E-state index is 14.1. The van der Waals surface area contributed by atoms with E-state index in [1.165, 1.54) is 13.2 Å². The van der Waals surface area contributed by atoms with Crippen LogP contribution in [0.4, 0.5) is 9.18 Å². The number of methoxy groups -OCH3 is 1. The summed E-state index contributed by atoms with van der Waals surface area (Å²) in [5, 5.41) is 4.57. The zero-order valence-corrected chi connectivity index (χ0v) is 17.4. The second-order valence-electron chi connectivity index (χ2n) is 7.34. The van der Waals surface area contributed by atoms with Gasteiger partial charge in [0.25, 0.3) is 5.91 Å². The van der Waals surface area contributed by atoms with Crippen LogP contribution < -0.4 is 10.1 Å². The second kappa shape index (κ2) is 8.14. The van der Waals surface area contributed by atoms with Crippen molar-refractivity contribution in [3.8, 4) is 5.75 Å². The summed E-state index contributed by atoms with van der Waals surface area (Å²) in [6.45, 7) is 4.25. The van der Waals surface area contributed by atoms with E-state index in [1.807, 2.05) is 13.8 Å². The number of fused-ring (bicyclic) bond motifs is 2. The molecule has 0 saturated heterocycles. The number of carbonyl (C=O) groups excluding carboxylic acids is 2. The third kappa shape index (κ3) is 3.96. The van der Waals surface area contributed by atoms with E-state index in [1.54, 1.807) is 30.3 Å². The topological polar surface area (TPSA) is 96.2 Å². The molecule has 2 aromatic carbocycles. The van der Waals surface area contributed by atoms with Gasteiger partial charge in [-0.3, -0.25) is 4.79 Å². The van der Waals surface area contributed by atoms with E-state index in [0.717, 1.165) is 27.6 Å². The maximum Gasteiger partial charge on any atom is 0.513 e. The van der Waals surface area contributed by atoms with Gasteiger partial charge < -0.3 is 24.8 Å². The summed E-state index contributed by atoms with van der Waals surface area (Å²) < 4.78 is 23.6. The zero-order chi connectivity index (χ0) is 22.1.